The highest BCUT2D eigenvalue weighted by atomic mass is 35.5. The van der Waals surface area contributed by atoms with Crippen molar-refractivity contribution in [2.24, 2.45) is 0 Å². The lowest BCUT2D eigenvalue weighted by Gasteiger charge is -2.12. The fourth-order valence-electron chi connectivity index (χ4n) is 2.57. The van der Waals surface area contributed by atoms with Crippen molar-refractivity contribution in [3.63, 3.8) is 0 Å². The van der Waals surface area contributed by atoms with E-state index in [1.54, 1.807) is 31.4 Å². The number of nitrogens with one attached hydrogen (secondary N) is 3. The summed E-state index contributed by atoms with van der Waals surface area (Å²) in [6.45, 7) is 0. The van der Waals surface area contributed by atoms with E-state index in [1.165, 1.54) is 17.7 Å². The molecule has 2 aromatic heterocycles. The average Bonchev–Trinajstić information content (AvgIpc) is 3.16. The van der Waals surface area contributed by atoms with Crippen LogP contribution in [0.3, 0.4) is 0 Å². The molecule has 11 heteroatoms. The van der Waals surface area contributed by atoms with Crippen molar-refractivity contribution < 1.29 is 9.53 Å². The van der Waals surface area contributed by atoms with Crippen LogP contribution in [0.15, 0.2) is 48.8 Å². The average molecular weight is 442 g/mol. The number of nitrogen functional groups attached to an aromatic ring is 1. The summed E-state index contributed by atoms with van der Waals surface area (Å²) in [5, 5.41) is 4.24. The van der Waals surface area contributed by atoms with E-state index in [-0.39, 0.29) is 17.4 Å². The third-order valence-electron chi connectivity index (χ3n) is 4.11. The van der Waals surface area contributed by atoms with Crippen LogP contribution in [-0.4, -0.2) is 28.0 Å². The number of halogens is 1. The maximum absolute atomic E-state index is 12.2. The third kappa shape index (κ3) is 4.19. The quantitative estimate of drug-likeness (QED) is 0.332. The number of rotatable bonds is 6. The molecule has 0 unspecified atom stereocenters. The highest BCUT2D eigenvalue weighted by Gasteiger charge is 2.13. The molecule has 2 heterocycles. The SMILES string of the molecule is COc1ccc2nc(Nc3ncnc(NNC(=O)c4ccc(Cl)cc4)c3N)sc2c1. The minimum Gasteiger partial charge on any atom is -0.497 e. The van der Waals surface area contributed by atoms with Crippen LogP contribution in [-0.2, 0) is 0 Å². The Labute approximate surface area is 180 Å². The molecule has 0 spiro atoms. The van der Waals surface area contributed by atoms with E-state index in [9.17, 15) is 4.79 Å². The number of ether oxygens (including phenoxy) is 1. The summed E-state index contributed by atoms with van der Waals surface area (Å²) in [6.07, 6.45) is 1.33. The van der Waals surface area contributed by atoms with Gasteiger partial charge in [0.1, 0.15) is 17.8 Å². The number of thiazole rings is 1. The molecule has 5 N–H and O–H groups in total. The van der Waals surface area contributed by atoms with Gasteiger partial charge >= 0.3 is 0 Å². The fourth-order valence-corrected chi connectivity index (χ4v) is 3.59. The number of anilines is 4. The van der Waals surface area contributed by atoms with Gasteiger partial charge < -0.3 is 15.8 Å². The second-order valence-electron chi connectivity index (χ2n) is 6.05. The molecule has 1 amide bonds. The Morgan fingerprint density at radius 2 is 1.90 bits per heavy atom. The number of hydrazine groups is 1. The van der Waals surface area contributed by atoms with Gasteiger partial charge in [-0.1, -0.05) is 22.9 Å². The molecule has 0 saturated carbocycles. The zero-order valence-corrected chi connectivity index (χ0v) is 17.2. The van der Waals surface area contributed by atoms with E-state index in [0.717, 1.165) is 16.0 Å². The van der Waals surface area contributed by atoms with Crippen molar-refractivity contribution in [3.05, 3.63) is 59.4 Å². The van der Waals surface area contributed by atoms with Crippen molar-refractivity contribution in [2.75, 3.05) is 23.6 Å². The second-order valence-corrected chi connectivity index (χ2v) is 7.52. The topological polar surface area (TPSA) is 127 Å². The van der Waals surface area contributed by atoms with Crippen molar-refractivity contribution in [1.82, 2.24) is 20.4 Å². The zero-order valence-electron chi connectivity index (χ0n) is 15.6. The number of carbonyl (C=O) groups is 1. The first-order valence-electron chi connectivity index (χ1n) is 8.67. The Bertz CT molecular complexity index is 1210. The van der Waals surface area contributed by atoms with Gasteiger partial charge in [-0.2, -0.15) is 0 Å². The van der Waals surface area contributed by atoms with E-state index in [2.05, 4.69) is 31.1 Å². The van der Waals surface area contributed by atoms with Gasteiger partial charge in [0.15, 0.2) is 16.8 Å². The Hall–Kier alpha value is -3.63. The molecule has 0 atom stereocenters. The van der Waals surface area contributed by atoms with Crippen LogP contribution < -0.4 is 26.6 Å². The van der Waals surface area contributed by atoms with Crippen LogP contribution >= 0.6 is 22.9 Å². The van der Waals surface area contributed by atoms with Gasteiger partial charge in [-0.25, -0.2) is 15.0 Å². The summed E-state index contributed by atoms with van der Waals surface area (Å²) in [4.78, 5) is 25.0. The van der Waals surface area contributed by atoms with Gasteiger partial charge in [0.05, 0.1) is 17.3 Å². The fraction of sp³-hybridized carbons (Fsp3) is 0.0526. The van der Waals surface area contributed by atoms with Crippen molar-refractivity contribution in [1.29, 1.82) is 0 Å². The first-order chi connectivity index (χ1) is 14.5. The van der Waals surface area contributed by atoms with Crippen molar-refractivity contribution >= 4 is 61.5 Å². The Balaban J connectivity index is 1.48. The Morgan fingerprint density at radius 1 is 1.13 bits per heavy atom. The Kier molecular flexibility index (Phi) is 5.50. The molecule has 0 saturated heterocycles. The number of hydrogen-bond donors (Lipinski definition) is 4. The molecule has 0 fully saturated rings. The number of fused-ring (bicyclic) bond motifs is 1. The first kappa shape index (κ1) is 19.7. The molecule has 30 heavy (non-hydrogen) atoms. The number of hydrogen-bond acceptors (Lipinski definition) is 9. The number of nitrogens with zero attached hydrogens (tertiary/aromatic N) is 3. The molecule has 0 radical (unpaired) electrons. The minimum absolute atomic E-state index is 0.228. The summed E-state index contributed by atoms with van der Waals surface area (Å²) in [6, 6.07) is 12.1. The molecular formula is C19H16ClN7O2S. The first-order valence-corrected chi connectivity index (χ1v) is 9.87. The van der Waals surface area contributed by atoms with Gasteiger partial charge in [-0.3, -0.25) is 15.6 Å². The highest BCUT2D eigenvalue weighted by Crippen LogP contribution is 2.32. The van der Waals surface area contributed by atoms with E-state index in [4.69, 9.17) is 22.1 Å². The minimum atomic E-state index is -0.362. The van der Waals surface area contributed by atoms with Crippen LogP contribution in [0, 0.1) is 0 Å². The van der Waals surface area contributed by atoms with E-state index < -0.39 is 0 Å². The maximum Gasteiger partial charge on any atom is 0.269 e. The lowest BCUT2D eigenvalue weighted by atomic mass is 10.2. The molecular weight excluding hydrogens is 426 g/mol. The van der Waals surface area contributed by atoms with Crippen LogP contribution in [0.1, 0.15) is 10.4 Å². The summed E-state index contributed by atoms with van der Waals surface area (Å²) >= 11 is 7.27. The predicted molar refractivity (Wildman–Crippen MR) is 118 cm³/mol. The standard InChI is InChI=1S/C19H16ClN7O2S/c1-29-12-6-7-13-14(8-12)30-19(24-13)25-16-15(21)17(23-9-22-16)26-27-18(28)10-2-4-11(20)5-3-10/h2-9H,21H2,1H3,(H,27,28)(H2,22,23,24,25,26). The van der Waals surface area contributed by atoms with Crippen LogP contribution in [0.2, 0.25) is 5.02 Å². The van der Waals surface area contributed by atoms with Gasteiger partial charge in [0, 0.05) is 10.6 Å². The van der Waals surface area contributed by atoms with Crippen LogP contribution in [0.5, 0.6) is 5.75 Å². The van der Waals surface area contributed by atoms with Crippen LogP contribution in [0.25, 0.3) is 10.2 Å². The number of carbonyl (C=O) groups excluding carboxylic acids is 1. The third-order valence-corrected chi connectivity index (χ3v) is 5.29. The van der Waals surface area contributed by atoms with E-state index in [1.807, 2.05) is 18.2 Å². The van der Waals surface area contributed by atoms with Crippen molar-refractivity contribution in [2.45, 2.75) is 0 Å². The second kappa shape index (κ2) is 8.39. The maximum atomic E-state index is 12.2. The molecule has 152 valence electrons. The summed E-state index contributed by atoms with van der Waals surface area (Å²) in [7, 11) is 1.61. The molecule has 0 aliphatic rings. The monoisotopic (exact) mass is 441 g/mol. The van der Waals surface area contributed by atoms with Gasteiger partial charge in [0.2, 0.25) is 0 Å². The number of methoxy groups -OCH3 is 1. The molecule has 4 rings (SSSR count). The lowest BCUT2D eigenvalue weighted by Crippen LogP contribution is -2.30. The number of amides is 1. The van der Waals surface area contributed by atoms with E-state index >= 15 is 0 Å². The molecule has 0 aliphatic carbocycles. The molecule has 9 nitrogen and oxygen atoms in total. The van der Waals surface area contributed by atoms with Crippen molar-refractivity contribution in [3.8, 4) is 5.75 Å². The smallest absolute Gasteiger partial charge is 0.269 e. The number of benzene rings is 2. The lowest BCUT2D eigenvalue weighted by molar-refractivity contribution is 0.0962. The highest BCUT2D eigenvalue weighted by molar-refractivity contribution is 7.22. The van der Waals surface area contributed by atoms with Gasteiger partial charge in [-0.05, 0) is 42.5 Å². The number of nitrogens with two attached hydrogens (primary N) is 1. The van der Waals surface area contributed by atoms with Gasteiger partial charge in [0.25, 0.3) is 5.91 Å². The largest absolute Gasteiger partial charge is 0.497 e. The summed E-state index contributed by atoms with van der Waals surface area (Å²) < 4.78 is 6.19. The molecule has 2 aromatic carbocycles. The predicted octanol–water partition coefficient (Wildman–Crippen LogP) is 3.83. The van der Waals surface area contributed by atoms with Gasteiger partial charge in [-0.15, -0.1) is 0 Å². The molecule has 0 aliphatic heterocycles. The summed E-state index contributed by atoms with van der Waals surface area (Å²) in [5.74, 6) is 0.998. The van der Waals surface area contributed by atoms with Crippen LogP contribution in [0.4, 0.5) is 22.5 Å². The summed E-state index contributed by atoms with van der Waals surface area (Å²) in [5.41, 5.74) is 12.9. The van der Waals surface area contributed by atoms with E-state index in [0.29, 0.717) is 21.5 Å². The normalized spacial score (nSPS) is 10.6. The zero-order chi connectivity index (χ0) is 21.1. The molecule has 0 bridgehead atoms. The molecule has 4 aromatic rings. The Morgan fingerprint density at radius 3 is 2.67 bits per heavy atom. The number of aromatic nitrogens is 3.